The predicted octanol–water partition coefficient (Wildman–Crippen LogP) is 13.6. The van der Waals surface area contributed by atoms with Crippen molar-refractivity contribution in [2.75, 3.05) is 4.90 Å². The highest BCUT2D eigenvalue weighted by atomic mass is 16.4. The Balaban J connectivity index is 1.14. The van der Waals surface area contributed by atoms with Gasteiger partial charge in [-0.2, -0.15) is 0 Å². The van der Waals surface area contributed by atoms with E-state index < -0.39 is 0 Å². The number of aromatic nitrogens is 2. The molecule has 11 aromatic rings. The van der Waals surface area contributed by atoms with Gasteiger partial charge in [-0.15, -0.1) is 0 Å². The third-order valence-electron chi connectivity index (χ3n) is 10.4. The first-order valence-electron chi connectivity index (χ1n) is 18.1. The lowest BCUT2D eigenvalue weighted by atomic mass is 10.0. The van der Waals surface area contributed by atoms with Gasteiger partial charge in [0.25, 0.3) is 0 Å². The van der Waals surface area contributed by atoms with E-state index in [1.165, 1.54) is 16.3 Å². The van der Waals surface area contributed by atoms with Crippen LogP contribution in [0.3, 0.4) is 0 Å². The van der Waals surface area contributed by atoms with Gasteiger partial charge in [0.15, 0.2) is 5.58 Å². The number of nitrogens with zero attached hydrogens (tertiary/aromatic N) is 3. The van der Waals surface area contributed by atoms with Crippen molar-refractivity contribution < 1.29 is 8.83 Å². The van der Waals surface area contributed by atoms with E-state index in [-0.39, 0.29) is 0 Å². The zero-order valence-electron chi connectivity index (χ0n) is 29.1. The Morgan fingerprint density at radius 2 is 1.07 bits per heavy atom. The molecule has 0 atom stereocenters. The number of hydrogen-bond acceptors (Lipinski definition) is 4. The Bertz CT molecular complexity index is 3140. The minimum absolute atomic E-state index is 0.594. The Kier molecular flexibility index (Phi) is 6.79. The van der Waals surface area contributed by atoms with Gasteiger partial charge in [-0.1, -0.05) is 103 Å². The summed E-state index contributed by atoms with van der Waals surface area (Å²) >= 11 is 0. The van der Waals surface area contributed by atoms with Gasteiger partial charge in [-0.05, 0) is 90.0 Å². The quantitative estimate of drug-likeness (QED) is 0.174. The third kappa shape index (κ3) is 4.76. The van der Waals surface area contributed by atoms with E-state index in [1.54, 1.807) is 0 Å². The second-order valence-corrected chi connectivity index (χ2v) is 13.6. The van der Waals surface area contributed by atoms with Gasteiger partial charge in [-0.3, -0.25) is 0 Å². The molecule has 0 aliphatic rings. The molecule has 0 fully saturated rings. The van der Waals surface area contributed by atoms with E-state index in [9.17, 15) is 0 Å². The Labute approximate surface area is 310 Å². The highest BCUT2D eigenvalue weighted by molar-refractivity contribution is 6.19. The average molecular weight is 694 g/mol. The Morgan fingerprint density at radius 1 is 0.426 bits per heavy atom. The normalized spacial score (nSPS) is 11.7. The minimum atomic E-state index is 0.594. The topological polar surface area (TPSA) is 47.3 Å². The molecule has 0 unspecified atom stereocenters. The summed E-state index contributed by atoms with van der Waals surface area (Å²) < 4.78 is 15.2. The molecule has 0 aliphatic carbocycles. The summed E-state index contributed by atoms with van der Waals surface area (Å²) in [7, 11) is 0. The predicted molar refractivity (Wildman–Crippen MR) is 221 cm³/mol. The number of rotatable bonds is 6. The summed E-state index contributed by atoms with van der Waals surface area (Å²) in [6.45, 7) is 0. The largest absolute Gasteiger partial charge is 0.456 e. The van der Waals surface area contributed by atoms with Crippen molar-refractivity contribution in [3.8, 4) is 28.3 Å². The Hall–Kier alpha value is -7.37. The van der Waals surface area contributed by atoms with Crippen molar-refractivity contribution in [2.45, 2.75) is 0 Å². The van der Waals surface area contributed by atoms with Crippen molar-refractivity contribution in [3.63, 3.8) is 0 Å². The molecule has 0 bridgehead atoms. The van der Waals surface area contributed by atoms with Crippen LogP contribution in [0.1, 0.15) is 0 Å². The number of oxazole rings is 1. The molecule has 5 heteroatoms. The highest BCUT2D eigenvalue weighted by Crippen LogP contribution is 2.46. The molecule has 8 aromatic carbocycles. The molecule has 11 rings (SSSR count). The lowest BCUT2D eigenvalue weighted by molar-refractivity contribution is 0.619. The van der Waals surface area contributed by atoms with Crippen molar-refractivity contribution in [1.29, 1.82) is 0 Å². The highest BCUT2D eigenvalue weighted by Gasteiger charge is 2.23. The van der Waals surface area contributed by atoms with Gasteiger partial charge in [0.2, 0.25) is 5.89 Å². The van der Waals surface area contributed by atoms with Crippen LogP contribution in [0.15, 0.2) is 197 Å². The summed E-state index contributed by atoms with van der Waals surface area (Å²) in [6, 6.07) is 65.7. The molecule has 54 heavy (non-hydrogen) atoms. The summed E-state index contributed by atoms with van der Waals surface area (Å²) in [5, 5.41) is 4.30. The van der Waals surface area contributed by atoms with Crippen molar-refractivity contribution >= 4 is 71.9 Å². The molecule has 254 valence electrons. The fraction of sp³-hybridized carbons (Fsp3) is 0. The fourth-order valence-electron chi connectivity index (χ4n) is 7.99. The van der Waals surface area contributed by atoms with Crippen LogP contribution in [-0.2, 0) is 0 Å². The van der Waals surface area contributed by atoms with Crippen molar-refractivity contribution in [2.24, 2.45) is 0 Å². The number of anilines is 3. The van der Waals surface area contributed by atoms with Crippen LogP contribution in [0.5, 0.6) is 0 Å². The van der Waals surface area contributed by atoms with Crippen LogP contribution in [-0.4, -0.2) is 9.55 Å². The molecule has 3 heterocycles. The van der Waals surface area contributed by atoms with Gasteiger partial charge in [0.1, 0.15) is 16.7 Å². The van der Waals surface area contributed by atoms with Crippen LogP contribution < -0.4 is 4.90 Å². The zero-order valence-corrected chi connectivity index (χ0v) is 29.1. The first-order chi connectivity index (χ1) is 26.8. The molecule has 0 amide bonds. The molecule has 0 spiro atoms. The molecule has 0 saturated heterocycles. The van der Waals surface area contributed by atoms with Gasteiger partial charge >= 0.3 is 0 Å². The number of furan rings is 1. The van der Waals surface area contributed by atoms with Gasteiger partial charge in [-0.25, -0.2) is 4.98 Å². The SMILES string of the molecule is c1ccc(-c2ccc(N(c3ccc4c(c3)oc3ccc5oc(-c6ccccc6)nc5c34)c3cccc4c3c3ccccc3n4-c3ccccc3)cc2)cc1. The van der Waals surface area contributed by atoms with Crippen LogP contribution in [0.2, 0.25) is 0 Å². The maximum Gasteiger partial charge on any atom is 0.227 e. The molecule has 0 saturated carbocycles. The molecule has 3 aromatic heterocycles. The fourth-order valence-corrected chi connectivity index (χ4v) is 7.99. The van der Waals surface area contributed by atoms with Crippen LogP contribution in [0.25, 0.3) is 83.1 Å². The summed E-state index contributed by atoms with van der Waals surface area (Å²) in [5.41, 5.74) is 12.9. The monoisotopic (exact) mass is 693 g/mol. The van der Waals surface area contributed by atoms with Crippen molar-refractivity contribution in [1.82, 2.24) is 9.55 Å². The zero-order chi connectivity index (χ0) is 35.6. The van der Waals surface area contributed by atoms with E-state index >= 15 is 0 Å². The molecule has 0 radical (unpaired) electrons. The molecule has 0 N–H and O–H groups in total. The number of fused-ring (bicyclic) bond motifs is 8. The average Bonchev–Trinajstić information content (AvgIpc) is 3.94. The summed E-state index contributed by atoms with van der Waals surface area (Å²) in [5.74, 6) is 0.594. The maximum absolute atomic E-state index is 6.62. The van der Waals surface area contributed by atoms with Gasteiger partial charge in [0.05, 0.1) is 22.1 Å². The summed E-state index contributed by atoms with van der Waals surface area (Å²) in [4.78, 5) is 7.32. The first kappa shape index (κ1) is 30.3. The first-order valence-corrected chi connectivity index (χ1v) is 18.1. The lowest BCUT2D eigenvalue weighted by Gasteiger charge is -2.26. The standard InChI is InChI=1S/C49H31N3O2/c1-4-13-32(14-5-1)33-23-25-36(26-24-33)51(41-21-12-22-42-46(41)38-19-10-11-20-40(38)52(42)35-17-8-3-9-18-35)37-27-28-39-45(31-37)53-43-29-30-44-48(47(39)43)50-49(54-44)34-15-6-2-7-16-34/h1-31H. The second-order valence-electron chi connectivity index (χ2n) is 13.6. The van der Waals surface area contributed by atoms with Gasteiger partial charge < -0.3 is 18.3 Å². The smallest absolute Gasteiger partial charge is 0.227 e. The maximum atomic E-state index is 6.62. The number of benzene rings is 8. The third-order valence-corrected chi connectivity index (χ3v) is 10.4. The lowest BCUT2D eigenvalue weighted by Crippen LogP contribution is -2.10. The van der Waals surface area contributed by atoms with E-state index in [0.717, 1.165) is 77.9 Å². The van der Waals surface area contributed by atoms with E-state index in [0.29, 0.717) is 5.89 Å². The molecule has 0 aliphatic heterocycles. The van der Waals surface area contributed by atoms with E-state index in [4.69, 9.17) is 13.8 Å². The minimum Gasteiger partial charge on any atom is -0.456 e. The van der Waals surface area contributed by atoms with Crippen LogP contribution >= 0.6 is 0 Å². The molecule has 5 nitrogen and oxygen atoms in total. The number of hydrogen-bond donors (Lipinski definition) is 0. The molecular weight excluding hydrogens is 663 g/mol. The summed E-state index contributed by atoms with van der Waals surface area (Å²) in [6.07, 6.45) is 0. The second kappa shape index (κ2) is 12.1. The van der Waals surface area contributed by atoms with Crippen molar-refractivity contribution in [3.05, 3.63) is 188 Å². The number of para-hydroxylation sites is 2. The van der Waals surface area contributed by atoms with Gasteiger partial charge in [0, 0.05) is 44.9 Å². The Morgan fingerprint density at radius 3 is 1.87 bits per heavy atom. The molecular formula is C49H31N3O2. The van der Waals surface area contributed by atoms with E-state index in [1.807, 2.05) is 42.5 Å². The van der Waals surface area contributed by atoms with E-state index in [2.05, 4.69) is 155 Å². The van der Waals surface area contributed by atoms with Crippen LogP contribution in [0.4, 0.5) is 17.1 Å². The van der Waals surface area contributed by atoms with Crippen LogP contribution in [0, 0.1) is 0 Å².